The lowest BCUT2D eigenvalue weighted by Gasteiger charge is -2.12. The van der Waals surface area contributed by atoms with Gasteiger partial charge in [0.2, 0.25) is 0 Å². The van der Waals surface area contributed by atoms with Crippen LogP contribution in [0.5, 0.6) is 0 Å². The van der Waals surface area contributed by atoms with Crippen LogP contribution in [0.4, 0.5) is 0 Å². The zero-order valence-corrected chi connectivity index (χ0v) is 6.02. The Morgan fingerprint density at radius 1 is 1.25 bits per heavy atom. The van der Waals surface area contributed by atoms with E-state index in [1.807, 2.05) is 0 Å². The summed E-state index contributed by atoms with van der Waals surface area (Å²) in [6, 6.07) is 0. The van der Waals surface area contributed by atoms with Gasteiger partial charge < -0.3 is 0 Å². The molecule has 3 unspecified atom stereocenters. The minimum atomic E-state index is 0.866. The Bertz CT molecular complexity index is 70.5. The van der Waals surface area contributed by atoms with Crippen molar-refractivity contribution >= 4 is 7.28 Å². The SMILES string of the molecule is CC1[B]CC(C)C1C. The Labute approximate surface area is 52.9 Å². The van der Waals surface area contributed by atoms with E-state index in [0.717, 1.165) is 17.7 Å². The molecular formula is C7H14B. The predicted octanol–water partition coefficient (Wildman–Crippen LogP) is 2.20. The fourth-order valence-corrected chi connectivity index (χ4v) is 1.38. The quantitative estimate of drug-likeness (QED) is 0.418. The number of hydrogen-bond donors (Lipinski definition) is 0. The first kappa shape index (κ1) is 6.19. The molecule has 45 valence electrons. The first-order valence-electron chi connectivity index (χ1n) is 3.55. The van der Waals surface area contributed by atoms with E-state index in [9.17, 15) is 0 Å². The first-order chi connectivity index (χ1) is 3.72. The van der Waals surface area contributed by atoms with Gasteiger partial charge in [-0.3, -0.25) is 0 Å². The van der Waals surface area contributed by atoms with E-state index in [-0.39, 0.29) is 0 Å². The lowest BCUT2D eigenvalue weighted by atomic mass is 9.67. The van der Waals surface area contributed by atoms with E-state index in [0.29, 0.717) is 0 Å². The Kier molecular flexibility index (Phi) is 1.64. The third-order valence-corrected chi connectivity index (χ3v) is 2.61. The van der Waals surface area contributed by atoms with Crippen LogP contribution in [0, 0.1) is 11.8 Å². The number of hydrogen-bond acceptors (Lipinski definition) is 0. The highest BCUT2D eigenvalue weighted by atomic mass is 14.2. The summed E-state index contributed by atoms with van der Waals surface area (Å²) < 4.78 is 0. The zero-order chi connectivity index (χ0) is 6.15. The smallest absolute Gasteiger partial charge is 0.0772 e. The minimum absolute atomic E-state index is 0.866. The highest BCUT2D eigenvalue weighted by Crippen LogP contribution is 2.34. The predicted molar refractivity (Wildman–Crippen MR) is 38.3 cm³/mol. The molecule has 0 aromatic rings. The summed E-state index contributed by atoms with van der Waals surface area (Å²) in [6.45, 7) is 7.00. The van der Waals surface area contributed by atoms with Gasteiger partial charge in [0.1, 0.15) is 7.28 Å². The van der Waals surface area contributed by atoms with E-state index in [1.54, 1.807) is 0 Å². The zero-order valence-electron chi connectivity index (χ0n) is 6.02. The molecule has 1 fully saturated rings. The molecule has 0 nitrogen and oxygen atoms in total. The molecule has 1 saturated heterocycles. The number of rotatable bonds is 0. The van der Waals surface area contributed by atoms with Crippen LogP contribution in [0.2, 0.25) is 12.1 Å². The molecule has 0 amide bonds. The fourth-order valence-electron chi connectivity index (χ4n) is 1.38. The van der Waals surface area contributed by atoms with Gasteiger partial charge in [-0.1, -0.05) is 32.9 Å². The minimum Gasteiger partial charge on any atom is -0.0772 e. The molecule has 1 rings (SSSR count). The van der Waals surface area contributed by atoms with Crippen molar-refractivity contribution in [3.05, 3.63) is 0 Å². The summed E-state index contributed by atoms with van der Waals surface area (Å²) in [5.74, 6) is 2.73. The van der Waals surface area contributed by atoms with Crippen LogP contribution in [0.25, 0.3) is 0 Å². The van der Waals surface area contributed by atoms with Gasteiger partial charge in [-0.25, -0.2) is 0 Å². The van der Waals surface area contributed by atoms with Crippen molar-refractivity contribution in [2.45, 2.75) is 32.9 Å². The molecule has 1 aliphatic rings. The monoisotopic (exact) mass is 109 g/mol. The van der Waals surface area contributed by atoms with Crippen molar-refractivity contribution in [1.82, 2.24) is 0 Å². The summed E-state index contributed by atoms with van der Waals surface area (Å²) in [5, 5.41) is 0. The largest absolute Gasteiger partial charge is 0.113 e. The van der Waals surface area contributed by atoms with Crippen LogP contribution < -0.4 is 0 Å². The van der Waals surface area contributed by atoms with Crippen LogP contribution in [-0.4, -0.2) is 7.28 Å². The van der Waals surface area contributed by atoms with E-state index >= 15 is 0 Å². The summed E-state index contributed by atoms with van der Waals surface area (Å²) in [4.78, 5) is 0. The molecule has 0 N–H and O–H groups in total. The Morgan fingerprint density at radius 2 is 1.88 bits per heavy atom. The topological polar surface area (TPSA) is 0 Å². The maximum absolute atomic E-state index is 2.44. The standard InChI is InChI=1S/C7H14B/c1-5-4-8-7(3)6(5)2/h5-7H,4H2,1-3H3. The van der Waals surface area contributed by atoms with E-state index in [1.165, 1.54) is 6.32 Å². The van der Waals surface area contributed by atoms with E-state index < -0.39 is 0 Å². The second-order valence-corrected chi connectivity index (χ2v) is 3.17. The van der Waals surface area contributed by atoms with Crippen molar-refractivity contribution < 1.29 is 0 Å². The third kappa shape index (κ3) is 0.912. The van der Waals surface area contributed by atoms with Gasteiger partial charge in [0.25, 0.3) is 0 Å². The van der Waals surface area contributed by atoms with Gasteiger partial charge in [-0.15, -0.1) is 0 Å². The molecule has 3 atom stereocenters. The highest BCUT2D eigenvalue weighted by molar-refractivity contribution is 6.38. The van der Waals surface area contributed by atoms with Crippen LogP contribution in [0.15, 0.2) is 0 Å². The lowest BCUT2D eigenvalue weighted by molar-refractivity contribution is 0.440. The average Bonchev–Trinajstić information content (AvgIpc) is 1.98. The summed E-state index contributed by atoms with van der Waals surface area (Å²) in [7, 11) is 2.44. The summed E-state index contributed by atoms with van der Waals surface area (Å²) in [6.07, 6.45) is 1.34. The van der Waals surface area contributed by atoms with Crippen LogP contribution >= 0.6 is 0 Å². The molecule has 1 aliphatic heterocycles. The molecule has 0 bridgehead atoms. The average molecular weight is 109 g/mol. The normalized spacial score (nSPS) is 46.6. The van der Waals surface area contributed by atoms with Crippen molar-refractivity contribution in [2.75, 3.05) is 0 Å². The summed E-state index contributed by atoms with van der Waals surface area (Å²) in [5.41, 5.74) is 0. The molecular weight excluding hydrogens is 94.9 g/mol. The molecule has 1 radical (unpaired) electrons. The van der Waals surface area contributed by atoms with Gasteiger partial charge in [0, 0.05) is 0 Å². The van der Waals surface area contributed by atoms with Gasteiger partial charge in [-0.05, 0) is 11.8 Å². The molecule has 1 heteroatoms. The van der Waals surface area contributed by atoms with Crippen molar-refractivity contribution in [3.63, 3.8) is 0 Å². The molecule has 0 aromatic heterocycles. The Hall–Kier alpha value is 0.0649. The Morgan fingerprint density at radius 3 is 2.00 bits per heavy atom. The first-order valence-corrected chi connectivity index (χ1v) is 3.55. The molecule has 1 heterocycles. The van der Waals surface area contributed by atoms with Crippen LogP contribution in [0.1, 0.15) is 20.8 Å². The maximum atomic E-state index is 2.44. The third-order valence-electron chi connectivity index (χ3n) is 2.61. The van der Waals surface area contributed by atoms with Crippen LogP contribution in [-0.2, 0) is 0 Å². The van der Waals surface area contributed by atoms with Gasteiger partial charge in [0.05, 0.1) is 0 Å². The molecule has 0 saturated carbocycles. The molecule has 8 heavy (non-hydrogen) atoms. The van der Waals surface area contributed by atoms with Gasteiger partial charge in [0.15, 0.2) is 0 Å². The maximum Gasteiger partial charge on any atom is 0.113 e. The molecule has 0 spiro atoms. The van der Waals surface area contributed by atoms with Crippen molar-refractivity contribution in [3.8, 4) is 0 Å². The van der Waals surface area contributed by atoms with E-state index in [2.05, 4.69) is 28.1 Å². The van der Waals surface area contributed by atoms with Gasteiger partial charge in [-0.2, -0.15) is 0 Å². The van der Waals surface area contributed by atoms with Crippen molar-refractivity contribution in [1.29, 1.82) is 0 Å². The highest BCUT2D eigenvalue weighted by Gasteiger charge is 2.26. The fraction of sp³-hybridized carbons (Fsp3) is 1.00. The summed E-state index contributed by atoms with van der Waals surface area (Å²) >= 11 is 0. The van der Waals surface area contributed by atoms with Gasteiger partial charge >= 0.3 is 0 Å². The van der Waals surface area contributed by atoms with Crippen LogP contribution in [0.3, 0.4) is 0 Å². The Balaban J connectivity index is 2.44. The lowest BCUT2D eigenvalue weighted by Crippen LogP contribution is -2.01. The molecule has 0 aliphatic carbocycles. The molecule has 0 aromatic carbocycles. The second kappa shape index (κ2) is 2.12. The van der Waals surface area contributed by atoms with Crippen molar-refractivity contribution in [2.24, 2.45) is 11.8 Å². The second-order valence-electron chi connectivity index (χ2n) is 3.17. The van der Waals surface area contributed by atoms with E-state index in [4.69, 9.17) is 0 Å².